The maximum absolute atomic E-state index is 11.6. The summed E-state index contributed by atoms with van der Waals surface area (Å²) in [5.74, 6) is 0. The maximum Gasteiger partial charge on any atom is 0.218 e. The normalized spacial score (nSPS) is 10.8. The van der Waals surface area contributed by atoms with Gasteiger partial charge in [0.15, 0.2) is 0 Å². The molecule has 0 saturated heterocycles. The van der Waals surface area contributed by atoms with Crippen LogP contribution in [0.5, 0.6) is 0 Å². The molecule has 0 aliphatic heterocycles. The Bertz CT molecular complexity index is 810. The number of nitrogens with two attached hydrogens (primary N) is 1. The number of halogens is 1. The van der Waals surface area contributed by atoms with Crippen LogP contribution in [0.25, 0.3) is 10.9 Å². The van der Waals surface area contributed by atoms with Gasteiger partial charge in [-0.15, -0.1) is 0 Å². The summed E-state index contributed by atoms with van der Waals surface area (Å²) in [6.07, 6.45) is 5.19. The van der Waals surface area contributed by atoms with Crippen molar-refractivity contribution in [2.24, 2.45) is 0 Å². The minimum absolute atomic E-state index is 0.180. The summed E-state index contributed by atoms with van der Waals surface area (Å²) in [5.41, 5.74) is 7.85. The van der Waals surface area contributed by atoms with E-state index >= 15 is 0 Å². The third kappa shape index (κ3) is 2.32. The minimum atomic E-state index is -0.180. The molecule has 20 heavy (non-hydrogen) atoms. The van der Waals surface area contributed by atoms with Gasteiger partial charge in [0.05, 0.1) is 15.7 Å². The number of benzene rings is 1. The summed E-state index contributed by atoms with van der Waals surface area (Å²) in [5, 5.41) is 1.10. The lowest BCUT2D eigenvalue weighted by Crippen LogP contribution is -2.13. The number of nitrogens with zero attached hydrogens (tertiary/aromatic N) is 2. The molecule has 1 aromatic carbocycles. The Morgan fingerprint density at radius 3 is 2.80 bits per heavy atom. The van der Waals surface area contributed by atoms with Gasteiger partial charge in [0.1, 0.15) is 0 Å². The summed E-state index contributed by atoms with van der Waals surface area (Å²) >= 11 is 3.23. The first-order valence-corrected chi connectivity index (χ1v) is 6.92. The summed E-state index contributed by atoms with van der Waals surface area (Å²) in [7, 11) is 0. The lowest BCUT2D eigenvalue weighted by Gasteiger charge is -2.10. The van der Waals surface area contributed by atoms with Gasteiger partial charge in [-0.2, -0.15) is 0 Å². The molecule has 2 aromatic heterocycles. The molecule has 0 atom stereocenters. The fourth-order valence-electron chi connectivity index (χ4n) is 2.20. The van der Waals surface area contributed by atoms with E-state index in [0.29, 0.717) is 11.0 Å². The lowest BCUT2D eigenvalue weighted by atomic mass is 10.1. The predicted octanol–water partition coefficient (Wildman–Crippen LogP) is 2.79. The quantitative estimate of drug-likeness (QED) is 0.786. The van der Waals surface area contributed by atoms with Crippen LogP contribution in [0.15, 0.2) is 58.2 Å². The molecule has 0 aliphatic carbocycles. The van der Waals surface area contributed by atoms with Crippen LogP contribution in [0.1, 0.15) is 5.56 Å². The zero-order valence-electron chi connectivity index (χ0n) is 10.6. The Hall–Kier alpha value is -2.14. The summed E-state index contributed by atoms with van der Waals surface area (Å²) in [6, 6.07) is 9.95. The Balaban J connectivity index is 2.08. The molecule has 2 heterocycles. The molecule has 4 nitrogen and oxygen atoms in total. The SMILES string of the molecule is Nc1cn(Cc2ccnc3ccccc23)cc(Br)c1=O. The van der Waals surface area contributed by atoms with Gasteiger partial charge in [-0.05, 0) is 33.6 Å². The Labute approximate surface area is 124 Å². The largest absolute Gasteiger partial charge is 0.394 e. The zero-order valence-corrected chi connectivity index (χ0v) is 12.2. The molecule has 0 fully saturated rings. The fraction of sp³-hybridized carbons (Fsp3) is 0.0667. The fourth-order valence-corrected chi connectivity index (χ4v) is 2.69. The van der Waals surface area contributed by atoms with Crippen LogP contribution in [0.3, 0.4) is 0 Å². The van der Waals surface area contributed by atoms with Gasteiger partial charge in [0.2, 0.25) is 5.43 Å². The van der Waals surface area contributed by atoms with E-state index in [-0.39, 0.29) is 11.1 Å². The summed E-state index contributed by atoms with van der Waals surface area (Å²) < 4.78 is 2.36. The van der Waals surface area contributed by atoms with Crippen molar-refractivity contribution in [3.63, 3.8) is 0 Å². The van der Waals surface area contributed by atoms with Crippen molar-refractivity contribution >= 4 is 32.5 Å². The number of pyridine rings is 2. The average Bonchev–Trinajstić information content (AvgIpc) is 2.45. The summed E-state index contributed by atoms with van der Waals surface area (Å²) in [4.78, 5) is 15.9. The van der Waals surface area contributed by atoms with Gasteiger partial charge in [0, 0.05) is 30.5 Å². The molecule has 0 aliphatic rings. The van der Waals surface area contributed by atoms with Crippen molar-refractivity contribution in [3.8, 4) is 0 Å². The maximum atomic E-state index is 11.6. The van der Waals surface area contributed by atoms with Gasteiger partial charge in [-0.1, -0.05) is 18.2 Å². The number of nitrogen functional groups attached to an aromatic ring is 1. The lowest BCUT2D eigenvalue weighted by molar-refractivity contribution is 0.791. The smallest absolute Gasteiger partial charge is 0.218 e. The van der Waals surface area contributed by atoms with E-state index in [1.165, 1.54) is 0 Å². The molecular formula is C15H12BrN3O. The highest BCUT2D eigenvalue weighted by Gasteiger charge is 2.05. The van der Waals surface area contributed by atoms with Crippen LogP contribution in [-0.4, -0.2) is 9.55 Å². The minimum Gasteiger partial charge on any atom is -0.394 e. The van der Waals surface area contributed by atoms with Crippen LogP contribution in [-0.2, 0) is 6.54 Å². The van der Waals surface area contributed by atoms with E-state index in [0.717, 1.165) is 16.5 Å². The zero-order chi connectivity index (χ0) is 14.1. The van der Waals surface area contributed by atoms with E-state index in [9.17, 15) is 4.79 Å². The predicted molar refractivity (Wildman–Crippen MR) is 83.7 cm³/mol. The number of fused-ring (bicyclic) bond motifs is 1. The number of hydrogen-bond donors (Lipinski definition) is 1. The van der Waals surface area contributed by atoms with Gasteiger partial charge in [0.25, 0.3) is 0 Å². The molecule has 0 saturated carbocycles. The molecule has 0 bridgehead atoms. The number of aromatic nitrogens is 2. The molecule has 5 heteroatoms. The van der Waals surface area contributed by atoms with Crippen molar-refractivity contribution in [3.05, 3.63) is 69.2 Å². The van der Waals surface area contributed by atoms with Crippen LogP contribution < -0.4 is 11.2 Å². The van der Waals surface area contributed by atoms with Crippen molar-refractivity contribution in [2.75, 3.05) is 5.73 Å². The van der Waals surface area contributed by atoms with Gasteiger partial charge >= 0.3 is 0 Å². The molecular weight excluding hydrogens is 318 g/mol. The number of anilines is 1. The second-order valence-electron chi connectivity index (χ2n) is 4.55. The van der Waals surface area contributed by atoms with Gasteiger partial charge in [-0.25, -0.2) is 0 Å². The van der Waals surface area contributed by atoms with Crippen LogP contribution >= 0.6 is 15.9 Å². The highest BCUT2D eigenvalue weighted by Crippen LogP contribution is 2.18. The highest BCUT2D eigenvalue weighted by molar-refractivity contribution is 9.10. The van der Waals surface area contributed by atoms with E-state index in [2.05, 4.69) is 20.9 Å². The van der Waals surface area contributed by atoms with Crippen LogP contribution in [0.2, 0.25) is 0 Å². The molecule has 3 rings (SSSR count). The van der Waals surface area contributed by atoms with Crippen molar-refractivity contribution in [1.82, 2.24) is 9.55 Å². The average molecular weight is 330 g/mol. The molecule has 100 valence electrons. The highest BCUT2D eigenvalue weighted by atomic mass is 79.9. The first-order valence-electron chi connectivity index (χ1n) is 6.13. The third-order valence-electron chi connectivity index (χ3n) is 3.16. The third-order valence-corrected chi connectivity index (χ3v) is 3.72. The molecule has 0 unspecified atom stereocenters. The van der Waals surface area contributed by atoms with Gasteiger partial charge in [-0.3, -0.25) is 9.78 Å². The van der Waals surface area contributed by atoms with E-state index in [1.54, 1.807) is 18.6 Å². The van der Waals surface area contributed by atoms with Crippen molar-refractivity contribution in [2.45, 2.75) is 6.54 Å². The Kier molecular flexibility index (Phi) is 3.28. The monoisotopic (exact) mass is 329 g/mol. The first kappa shape index (κ1) is 12.9. The molecule has 0 spiro atoms. The van der Waals surface area contributed by atoms with Crippen LogP contribution in [0.4, 0.5) is 5.69 Å². The Morgan fingerprint density at radius 2 is 2.00 bits per heavy atom. The van der Waals surface area contributed by atoms with Gasteiger partial charge < -0.3 is 10.3 Å². The van der Waals surface area contributed by atoms with E-state index < -0.39 is 0 Å². The second kappa shape index (κ2) is 5.09. The standard InChI is InChI=1S/C15H12BrN3O/c16-12-8-19(9-13(17)15(12)20)7-10-5-6-18-14-4-2-1-3-11(10)14/h1-6,8-9H,7,17H2. The topological polar surface area (TPSA) is 60.9 Å². The first-order chi connectivity index (χ1) is 9.65. The van der Waals surface area contributed by atoms with E-state index in [1.807, 2.05) is 34.9 Å². The number of rotatable bonds is 2. The summed E-state index contributed by atoms with van der Waals surface area (Å²) in [6.45, 7) is 0.631. The molecule has 0 radical (unpaired) electrons. The second-order valence-corrected chi connectivity index (χ2v) is 5.40. The van der Waals surface area contributed by atoms with Crippen molar-refractivity contribution < 1.29 is 0 Å². The Morgan fingerprint density at radius 1 is 1.20 bits per heavy atom. The number of para-hydroxylation sites is 1. The van der Waals surface area contributed by atoms with E-state index in [4.69, 9.17) is 5.73 Å². The van der Waals surface area contributed by atoms with Crippen molar-refractivity contribution in [1.29, 1.82) is 0 Å². The van der Waals surface area contributed by atoms with Crippen LogP contribution in [0, 0.1) is 0 Å². The number of hydrogen-bond acceptors (Lipinski definition) is 3. The molecule has 3 aromatic rings. The molecule has 2 N–H and O–H groups in total. The molecule has 0 amide bonds.